The first-order valence-corrected chi connectivity index (χ1v) is 7.85. The van der Waals surface area contributed by atoms with Crippen LogP contribution in [0.3, 0.4) is 0 Å². The van der Waals surface area contributed by atoms with E-state index in [1.165, 1.54) is 12.1 Å². The summed E-state index contributed by atoms with van der Waals surface area (Å²) in [5, 5.41) is 10.9. The maximum atomic E-state index is 12.5. The highest BCUT2D eigenvalue weighted by molar-refractivity contribution is 5.94. The van der Waals surface area contributed by atoms with Crippen LogP contribution in [0.15, 0.2) is 54.6 Å². The summed E-state index contributed by atoms with van der Waals surface area (Å²) < 4.78 is 6.01. The molecule has 0 spiro atoms. The van der Waals surface area contributed by atoms with E-state index in [9.17, 15) is 14.9 Å². The van der Waals surface area contributed by atoms with Crippen LogP contribution in [-0.4, -0.2) is 34.9 Å². The summed E-state index contributed by atoms with van der Waals surface area (Å²) >= 11 is 0. The molecule has 1 aliphatic heterocycles. The van der Waals surface area contributed by atoms with Crippen LogP contribution < -0.4 is 4.74 Å². The average molecular weight is 338 g/mol. The number of amides is 1. The van der Waals surface area contributed by atoms with Gasteiger partial charge in [0.2, 0.25) is 0 Å². The second kappa shape index (κ2) is 6.39. The highest BCUT2D eigenvalue weighted by atomic mass is 16.6. The predicted molar refractivity (Wildman–Crippen MR) is 94.6 cm³/mol. The number of benzene rings is 2. The van der Waals surface area contributed by atoms with Gasteiger partial charge in [-0.05, 0) is 31.2 Å². The van der Waals surface area contributed by atoms with Gasteiger partial charge in [0.25, 0.3) is 11.6 Å². The molecule has 0 radical (unpaired) electrons. The lowest BCUT2D eigenvalue weighted by atomic mass is 9.99. The van der Waals surface area contributed by atoms with E-state index in [2.05, 4.69) is 0 Å². The largest absolute Gasteiger partial charge is 0.481 e. The summed E-state index contributed by atoms with van der Waals surface area (Å²) in [6.45, 7) is 2.23. The molecule has 1 heterocycles. The van der Waals surface area contributed by atoms with E-state index < -0.39 is 10.5 Å². The van der Waals surface area contributed by atoms with Crippen molar-refractivity contribution in [1.29, 1.82) is 0 Å². The van der Waals surface area contributed by atoms with Crippen molar-refractivity contribution in [3.63, 3.8) is 0 Å². The molecule has 2 aromatic carbocycles. The Morgan fingerprint density at radius 3 is 2.64 bits per heavy atom. The smallest absolute Gasteiger partial charge is 0.270 e. The number of non-ortho nitro benzene ring substituents is 1. The van der Waals surface area contributed by atoms with Crippen LogP contribution in [0.25, 0.3) is 6.08 Å². The van der Waals surface area contributed by atoms with Crippen molar-refractivity contribution >= 4 is 17.7 Å². The molecular weight excluding hydrogens is 320 g/mol. The number of nitrogens with zero attached hydrogens (tertiary/aromatic N) is 2. The van der Waals surface area contributed by atoms with Crippen LogP contribution in [-0.2, 0) is 0 Å². The third kappa shape index (κ3) is 3.52. The van der Waals surface area contributed by atoms with Crippen molar-refractivity contribution in [2.75, 3.05) is 13.6 Å². The fourth-order valence-corrected chi connectivity index (χ4v) is 2.85. The van der Waals surface area contributed by atoms with Gasteiger partial charge in [-0.2, -0.15) is 0 Å². The second-order valence-electron chi connectivity index (χ2n) is 6.25. The lowest BCUT2D eigenvalue weighted by Crippen LogP contribution is -2.45. The predicted octanol–water partition coefficient (Wildman–Crippen LogP) is 3.53. The molecule has 1 atom stereocenters. The fraction of sp³-hybridized carbons (Fsp3) is 0.211. The Balaban J connectivity index is 1.76. The van der Waals surface area contributed by atoms with Crippen LogP contribution in [0, 0.1) is 10.1 Å². The summed E-state index contributed by atoms with van der Waals surface area (Å²) in [4.78, 5) is 24.5. The topological polar surface area (TPSA) is 72.7 Å². The lowest BCUT2D eigenvalue weighted by molar-refractivity contribution is -0.384. The van der Waals surface area contributed by atoms with Gasteiger partial charge in [-0.25, -0.2) is 0 Å². The van der Waals surface area contributed by atoms with Gasteiger partial charge in [-0.15, -0.1) is 0 Å². The van der Waals surface area contributed by atoms with Gasteiger partial charge >= 0.3 is 0 Å². The van der Waals surface area contributed by atoms with Gasteiger partial charge < -0.3 is 9.64 Å². The standard InChI is InChI=1S/C19H18N2O4/c1-19(13-20(2)18(22)14-6-4-3-5-7-14)11-10-15-12-16(21(23)24)8-9-17(15)25-19/h3-12H,13H2,1-2H3. The molecule has 0 saturated carbocycles. The summed E-state index contributed by atoms with van der Waals surface area (Å²) in [6.07, 6.45) is 3.63. The van der Waals surface area contributed by atoms with E-state index in [1.807, 2.05) is 31.2 Å². The van der Waals surface area contributed by atoms with Gasteiger partial charge in [0.15, 0.2) is 0 Å². The van der Waals surface area contributed by atoms with Crippen LogP contribution in [0.4, 0.5) is 5.69 Å². The van der Waals surface area contributed by atoms with Crippen molar-refractivity contribution in [3.05, 3.63) is 75.8 Å². The minimum Gasteiger partial charge on any atom is -0.481 e. The Morgan fingerprint density at radius 1 is 1.24 bits per heavy atom. The molecule has 3 rings (SSSR count). The number of likely N-dealkylation sites (N-methyl/N-ethyl adjacent to an activating group) is 1. The quantitative estimate of drug-likeness (QED) is 0.631. The molecular formula is C19H18N2O4. The summed E-state index contributed by atoms with van der Waals surface area (Å²) in [6, 6.07) is 13.5. The first kappa shape index (κ1) is 16.7. The molecule has 0 aromatic heterocycles. The number of hydrogen-bond donors (Lipinski definition) is 0. The van der Waals surface area contributed by atoms with E-state index in [0.717, 1.165) is 0 Å². The maximum absolute atomic E-state index is 12.5. The number of nitro benzene ring substituents is 1. The number of carbonyl (C=O) groups excluding carboxylic acids is 1. The average Bonchev–Trinajstić information content (AvgIpc) is 2.61. The number of carbonyl (C=O) groups is 1. The van der Waals surface area contributed by atoms with E-state index in [-0.39, 0.29) is 11.6 Å². The Hall–Kier alpha value is -3.15. The molecule has 6 heteroatoms. The Bertz CT molecular complexity index is 848. The molecule has 1 unspecified atom stereocenters. The van der Waals surface area contributed by atoms with Gasteiger partial charge in [-0.3, -0.25) is 14.9 Å². The molecule has 128 valence electrons. The van der Waals surface area contributed by atoms with E-state index in [1.54, 1.807) is 36.2 Å². The number of hydrogen-bond acceptors (Lipinski definition) is 4. The molecule has 0 N–H and O–H groups in total. The van der Waals surface area contributed by atoms with E-state index >= 15 is 0 Å². The van der Waals surface area contributed by atoms with Crippen molar-refractivity contribution in [3.8, 4) is 5.75 Å². The molecule has 0 saturated heterocycles. The van der Waals surface area contributed by atoms with Crippen LogP contribution in [0.2, 0.25) is 0 Å². The normalized spacial score (nSPS) is 18.2. The first-order valence-electron chi connectivity index (χ1n) is 7.85. The SMILES string of the molecule is CN(CC1(C)C=Cc2cc([N+](=O)[O-])ccc2O1)C(=O)c1ccccc1. The van der Waals surface area contributed by atoms with Crippen molar-refractivity contribution in [2.24, 2.45) is 0 Å². The van der Waals surface area contributed by atoms with Gasteiger partial charge in [0.05, 0.1) is 11.5 Å². The minimum atomic E-state index is -0.706. The Kier molecular flexibility index (Phi) is 4.27. The maximum Gasteiger partial charge on any atom is 0.270 e. The second-order valence-corrected chi connectivity index (χ2v) is 6.25. The van der Waals surface area contributed by atoms with Crippen molar-refractivity contribution in [1.82, 2.24) is 4.90 Å². The van der Waals surface area contributed by atoms with Crippen LogP contribution >= 0.6 is 0 Å². The van der Waals surface area contributed by atoms with Gasteiger partial charge in [-0.1, -0.05) is 24.3 Å². The van der Waals surface area contributed by atoms with Crippen molar-refractivity contribution in [2.45, 2.75) is 12.5 Å². The first-order chi connectivity index (χ1) is 11.9. The molecule has 0 aliphatic carbocycles. The summed E-state index contributed by atoms with van der Waals surface area (Å²) in [7, 11) is 1.73. The number of nitro groups is 1. The summed E-state index contributed by atoms with van der Waals surface area (Å²) in [5.74, 6) is 0.476. The molecule has 0 fully saturated rings. The van der Waals surface area contributed by atoms with Gasteiger partial charge in [0.1, 0.15) is 11.4 Å². The Labute approximate surface area is 145 Å². The molecule has 1 aliphatic rings. The highest BCUT2D eigenvalue weighted by Crippen LogP contribution is 2.33. The highest BCUT2D eigenvalue weighted by Gasteiger charge is 2.31. The zero-order valence-corrected chi connectivity index (χ0v) is 14.0. The number of rotatable bonds is 4. The van der Waals surface area contributed by atoms with E-state index in [4.69, 9.17) is 4.74 Å². The third-order valence-electron chi connectivity index (χ3n) is 4.08. The van der Waals surface area contributed by atoms with E-state index in [0.29, 0.717) is 23.4 Å². The summed E-state index contributed by atoms with van der Waals surface area (Å²) in [5.41, 5.74) is 0.586. The van der Waals surface area contributed by atoms with Crippen LogP contribution in [0.1, 0.15) is 22.8 Å². The zero-order chi connectivity index (χ0) is 18.0. The molecule has 2 aromatic rings. The zero-order valence-electron chi connectivity index (χ0n) is 14.0. The molecule has 6 nitrogen and oxygen atoms in total. The number of fused-ring (bicyclic) bond motifs is 1. The molecule has 1 amide bonds. The minimum absolute atomic E-state index is 0.0203. The lowest BCUT2D eigenvalue weighted by Gasteiger charge is -2.34. The number of ether oxygens (including phenoxy) is 1. The molecule has 0 bridgehead atoms. The van der Waals surface area contributed by atoms with Crippen molar-refractivity contribution < 1.29 is 14.5 Å². The van der Waals surface area contributed by atoms with Gasteiger partial charge in [0, 0.05) is 30.3 Å². The van der Waals surface area contributed by atoms with Crippen LogP contribution in [0.5, 0.6) is 5.75 Å². The Morgan fingerprint density at radius 2 is 1.96 bits per heavy atom. The molecule has 25 heavy (non-hydrogen) atoms. The monoisotopic (exact) mass is 338 g/mol. The third-order valence-corrected chi connectivity index (χ3v) is 4.08. The fourth-order valence-electron chi connectivity index (χ4n) is 2.85.